The molecule has 0 unspecified atom stereocenters. The summed E-state index contributed by atoms with van der Waals surface area (Å²) in [6.07, 6.45) is 3.14. The van der Waals surface area contributed by atoms with E-state index in [2.05, 4.69) is 4.98 Å². The summed E-state index contributed by atoms with van der Waals surface area (Å²) in [7, 11) is 0. The van der Waals surface area contributed by atoms with Gasteiger partial charge in [0.15, 0.2) is 5.65 Å². The van der Waals surface area contributed by atoms with E-state index in [1.54, 1.807) is 24.4 Å². The molecule has 0 atom stereocenters. The van der Waals surface area contributed by atoms with Gasteiger partial charge in [-0.1, -0.05) is 23.2 Å². The van der Waals surface area contributed by atoms with E-state index in [9.17, 15) is 4.79 Å². The van der Waals surface area contributed by atoms with Crippen molar-refractivity contribution in [1.29, 1.82) is 0 Å². The number of fused-ring (bicyclic) bond motifs is 3. The number of hydrogen-bond acceptors (Lipinski definition) is 3. The highest BCUT2D eigenvalue weighted by Crippen LogP contribution is 2.33. The number of nitrogens with zero attached hydrogens (tertiary/aromatic N) is 2. The van der Waals surface area contributed by atoms with Crippen LogP contribution in [0.4, 0.5) is 0 Å². The number of pyridine rings is 2. The van der Waals surface area contributed by atoms with Gasteiger partial charge in [-0.05, 0) is 43.2 Å². The minimum absolute atomic E-state index is 0.157. The molecule has 116 valence electrons. The normalized spacial score (nSPS) is 13.7. The number of hydrogen-bond donors (Lipinski definition) is 0. The van der Waals surface area contributed by atoms with Crippen LogP contribution < -0.4 is 10.3 Å². The molecule has 0 radical (unpaired) electrons. The summed E-state index contributed by atoms with van der Waals surface area (Å²) in [4.78, 5) is 17.4. The van der Waals surface area contributed by atoms with Gasteiger partial charge in [-0.15, -0.1) is 0 Å². The molecule has 1 aliphatic heterocycles. The Kier molecular flexibility index (Phi) is 3.51. The quantitative estimate of drug-likeness (QED) is 0.668. The average molecular weight is 347 g/mol. The molecule has 2 aromatic heterocycles. The molecule has 0 saturated heterocycles. The Morgan fingerprint density at radius 1 is 1.22 bits per heavy atom. The zero-order chi connectivity index (χ0) is 16.0. The number of aromatic nitrogens is 2. The number of ether oxygens (including phenoxy) is 1. The lowest BCUT2D eigenvalue weighted by molar-refractivity contribution is 0.290. The van der Waals surface area contributed by atoms with Crippen LogP contribution in [0.5, 0.6) is 5.75 Å². The van der Waals surface area contributed by atoms with Crippen molar-refractivity contribution in [2.24, 2.45) is 0 Å². The number of halogens is 2. The predicted molar refractivity (Wildman–Crippen MR) is 91.2 cm³/mol. The second-order valence-corrected chi connectivity index (χ2v) is 6.21. The summed E-state index contributed by atoms with van der Waals surface area (Å²) in [6, 6.07) is 8.78. The van der Waals surface area contributed by atoms with Gasteiger partial charge in [0.05, 0.1) is 28.3 Å². The van der Waals surface area contributed by atoms with Crippen molar-refractivity contribution in [3.05, 3.63) is 62.5 Å². The van der Waals surface area contributed by atoms with Crippen LogP contribution in [0.3, 0.4) is 0 Å². The average Bonchev–Trinajstić information content (AvgIpc) is 2.58. The van der Waals surface area contributed by atoms with Gasteiger partial charge in [-0.3, -0.25) is 9.36 Å². The maximum Gasteiger partial charge on any atom is 0.263 e. The van der Waals surface area contributed by atoms with E-state index in [0.717, 1.165) is 11.8 Å². The fraction of sp³-hybridized carbons (Fsp3) is 0.176. The van der Waals surface area contributed by atoms with E-state index in [4.69, 9.17) is 27.9 Å². The summed E-state index contributed by atoms with van der Waals surface area (Å²) in [5.41, 5.74) is 1.55. The molecule has 3 heterocycles. The van der Waals surface area contributed by atoms with Crippen LogP contribution in [0, 0.1) is 0 Å². The molecule has 4 rings (SSSR count). The van der Waals surface area contributed by atoms with Crippen LogP contribution in [0.25, 0.3) is 16.7 Å². The highest BCUT2D eigenvalue weighted by atomic mass is 35.5. The first-order chi connectivity index (χ1) is 11.2. The highest BCUT2D eigenvalue weighted by Gasteiger charge is 2.23. The topological polar surface area (TPSA) is 44.1 Å². The predicted octanol–water partition coefficient (Wildman–Crippen LogP) is 4.02. The monoisotopic (exact) mass is 346 g/mol. The van der Waals surface area contributed by atoms with Crippen molar-refractivity contribution in [3.63, 3.8) is 0 Å². The smallest absolute Gasteiger partial charge is 0.263 e. The lowest BCUT2D eigenvalue weighted by Crippen LogP contribution is -2.27. The van der Waals surface area contributed by atoms with Crippen LogP contribution in [0.1, 0.15) is 12.0 Å². The van der Waals surface area contributed by atoms with Crippen LogP contribution in [-0.2, 0) is 6.42 Å². The molecule has 1 aliphatic rings. The third kappa shape index (κ3) is 2.30. The Labute approximate surface area is 142 Å². The summed E-state index contributed by atoms with van der Waals surface area (Å²) in [6.45, 7) is 0.609. The van der Waals surface area contributed by atoms with Crippen molar-refractivity contribution in [2.45, 2.75) is 12.8 Å². The van der Waals surface area contributed by atoms with Gasteiger partial charge in [0.2, 0.25) is 0 Å². The molecule has 0 bridgehead atoms. The standard InChI is InChI=1S/C17H12Cl2N2O2/c18-10-5-6-13(19)14(9-10)21-16-11(3-1-7-20-16)15-12(17(21)22)4-2-8-23-15/h1,3,5-7,9H,2,4,8H2. The van der Waals surface area contributed by atoms with Crippen LogP contribution in [0.2, 0.25) is 10.0 Å². The first-order valence-corrected chi connectivity index (χ1v) is 8.03. The van der Waals surface area contributed by atoms with Crippen molar-refractivity contribution >= 4 is 34.2 Å². The second-order valence-electron chi connectivity index (χ2n) is 5.37. The van der Waals surface area contributed by atoms with E-state index >= 15 is 0 Å². The van der Waals surface area contributed by atoms with Crippen LogP contribution >= 0.6 is 23.2 Å². The molecule has 0 N–H and O–H groups in total. The largest absolute Gasteiger partial charge is 0.492 e. The molecule has 1 aromatic carbocycles. The summed E-state index contributed by atoms with van der Waals surface area (Å²) in [5, 5.41) is 1.76. The zero-order valence-electron chi connectivity index (χ0n) is 12.1. The first kappa shape index (κ1) is 14.5. The Hall–Kier alpha value is -2.04. The Bertz CT molecular complexity index is 982. The summed E-state index contributed by atoms with van der Waals surface area (Å²) in [5.74, 6) is 0.638. The van der Waals surface area contributed by atoms with E-state index in [1.165, 1.54) is 4.57 Å². The molecule has 0 fully saturated rings. The number of rotatable bonds is 1. The van der Waals surface area contributed by atoms with E-state index < -0.39 is 0 Å². The van der Waals surface area contributed by atoms with Gasteiger partial charge in [-0.25, -0.2) is 4.98 Å². The van der Waals surface area contributed by atoms with E-state index in [1.807, 2.05) is 12.1 Å². The van der Waals surface area contributed by atoms with Gasteiger partial charge in [0.1, 0.15) is 5.75 Å². The van der Waals surface area contributed by atoms with Gasteiger partial charge in [-0.2, -0.15) is 0 Å². The minimum atomic E-state index is -0.157. The molecule has 3 aromatic rings. The molecule has 0 amide bonds. The van der Waals surface area contributed by atoms with Crippen molar-refractivity contribution < 1.29 is 4.74 Å². The van der Waals surface area contributed by atoms with Gasteiger partial charge in [0.25, 0.3) is 5.56 Å². The third-order valence-corrected chi connectivity index (χ3v) is 4.50. The molecule has 4 nitrogen and oxygen atoms in total. The van der Waals surface area contributed by atoms with Gasteiger partial charge >= 0.3 is 0 Å². The SMILES string of the molecule is O=c1c2c(c3cccnc3n1-c1cc(Cl)ccc1Cl)OCCC2. The Morgan fingerprint density at radius 3 is 2.96 bits per heavy atom. The fourth-order valence-electron chi connectivity index (χ4n) is 2.93. The zero-order valence-corrected chi connectivity index (χ0v) is 13.6. The second kappa shape index (κ2) is 5.55. The third-order valence-electron chi connectivity index (χ3n) is 3.95. The molecule has 0 aliphatic carbocycles. The minimum Gasteiger partial charge on any atom is -0.492 e. The maximum atomic E-state index is 13.0. The van der Waals surface area contributed by atoms with E-state index in [-0.39, 0.29) is 5.56 Å². The van der Waals surface area contributed by atoms with Crippen LogP contribution in [0.15, 0.2) is 41.3 Å². The molecular formula is C17H12Cl2N2O2. The van der Waals surface area contributed by atoms with Gasteiger partial charge in [0, 0.05) is 11.2 Å². The molecule has 23 heavy (non-hydrogen) atoms. The summed E-state index contributed by atoms with van der Waals surface area (Å²) < 4.78 is 7.27. The maximum absolute atomic E-state index is 13.0. The summed E-state index contributed by atoms with van der Waals surface area (Å²) >= 11 is 12.4. The lowest BCUT2D eigenvalue weighted by atomic mass is 10.1. The first-order valence-electron chi connectivity index (χ1n) is 7.27. The van der Waals surface area contributed by atoms with Gasteiger partial charge < -0.3 is 4.74 Å². The number of benzene rings is 1. The van der Waals surface area contributed by atoms with Crippen molar-refractivity contribution in [2.75, 3.05) is 6.61 Å². The Balaban J connectivity index is 2.17. The molecule has 0 saturated carbocycles. The highest BCUT2D eigenvalue weighted by molar-refractivity contribution is 6.34. The molecule has 6 heteroatoms. The van der Waals surface area contributed by atoms with Crippen molar-refractivity contribution in [1.82, 2.24) is 9.55 Å². The molecular weight excluding hydrogens is 335 g/mol. The van der Waals surface area contributed by atoms with Crippen molar-refractivity contribution in [3.8, 4) is 11.4 Å². The lowest BCUT2D eigenvalue weighted by Gasteiger charge is -2.21. The Morgan fingerprint density at radius 2 is 2.09 bits per heavy atom. The fourth-order valence-corrected chi connectivity index (χ4v) is 3.30. The molecule has 0 spiro atoms. The van der Waals surface area contributed by atoms with Crippen LogP contribution in [-0.4, -0.2) is 16.2 Å². The van der Waals surface area contributed by atoms with E-state index in [0.29, 0.717) is 45.7 Å².